The highest BCUT2D eigenvalue weighted by Gasteiger charge is 2.22. The molecule has 2 N–H and O–H groups in total. The number of aryl methyl sites for hydroxylation is 1. The van der Waals surface area contributed by atoms with Crippen LogP contribution in [-0.2, 0) is 17.4 Å². The summed E-state index contributed by atoms with van der Waals surface area (Å²) >= 11 is 0. The molecule has 15 heavy (non-hydrogen) atoms. The molecule has 0 fully saturated rings. The Kier molecular flexibility index (Phi) is 4.09. The van der Waals surface area contributed by atoms with E-state index < -0.39 is 7.60 Å². The molecule has 0 spiro atoms. The molecular formula is C11H17O3P. The van der Waals surface area contributed by atoms with Gasteiger partial charge >= 0.3 is 7.60 Å². The van der Waals surface area contributed by atoms with Crippen LogP contribution < -0.4 is 5.30 Å². The zero-order valence-electron chi connectivity index (χ0n) is 9.10. The lowest BCUT2D eigenvalue weighted by Crippen LogP contribution is -2.13. The third kappa shape index (κ3) is 2.91. The quantitative estimate of drug-likeness (QED) is 0.775. The fourth-order valence-electron chi connectivity index (χ4n) is 1.76. The minimum atomic E-state index is -4.13. The van der Waals surface area contributed by atoms with E-state index in [2.05, 4.69) is 0 Å². The second kappa shape index (κ2) is 4.93. The molecule has 0 aliphatic carbocycles. The van der Waals surface area contributed by atoms with E-state index in [1.54, 1.807) is 6.07 Å². The van der Waals surface area contributed by atoms with Gasteiger partial charge in [0.25, 0.3) is 0 Å². The van der Waals surface area contributed by atoms with E-state index in [0.29, 0.717) is 0 Å². The van der Waals surface area contributed by atoms with E-state index in [9.17, 15) is 14.4 Å². The number of hydrogen-bond donors (Lipinski definition) is 2. The second-order valence-corrected chi connectivity index (χ2v) is 5.13. The van der Waals surface area contributed by atoms with Gasteiger partial charge in [-0.05, 0) is 30.0 Å². The normalized spacial score (nSPS) is 11.7. The molecule has 84 valence electrons. The fourth-order valence-corrected chi connectivity index (χ4v) is 2.65. The van der Waals surface area contributed by atoms with Crippen LogP contribution in [0.25, 0.3) is 0 Å². The Labute approximate surface area is 90.3 Å². The molecule has 1 rings (SSSR count). The second-order valence-electron chi connectivity index (χ2n) is 3.56. The van der Waals surface area contributed by atoms with Gasteiger partial charge in [0, 0.05) is 0 Å². The first-order valence-corrected chi connectivity index (χ1v) is 6.78. The van der Waals surface area contributed by atoms with Crippen LogP contribution in [0.4, 0.5) is 0 Å². The lowest BCUT2D eigenvalue weighted by Gasteiger charge is -2.14. The van der Waals surface area contributed by atoms with Crippen molar-refractivity contribution in [1.29, 1.82) is 0 Å². The number of hydrogen-bond acceptors (Lipinski definition) is 1. The Morgan fingerprint density at radius 3 is 2.40 bits per heavy atom. The highest BCUT2D eigenvalue weighted by Crippen LogP contribution is 2.35. The van der Waals surface area contributed by atoms with Gasteiger partial charge in [-0.3, -0.25) is 4.57 Å². The minimum absolute atomic E-state index is 0.198. The van der Waals surface area contributed by atoms with Gasteiger partial charge in [-0.15, -0.1) is 0 Å². The smallest absolute Gasteiger partial charge is 0.321 e. The van der Waals surface area contributed by atoms with Crippen molar-refractivity contribution in [2.45, 2.75) is 33.1 Å². The first kappa shape index (κ1) is 12.4. The summed E-state index contributed by atoms with van der Waals surface area (Å²) in [4.78, 5) is 18.5. The zero-order valence-corrected chi connectivity index (χ0v) is 10.00. The van der Waals surface area contributed by atoms with Crippen LogP contribution in [-0.4, -0.2) is 9.79 Å². The molecule has 0 aliphatic heterocycles. The molecule has 0 amide bonds. The molecule has 0 saturated heterocycles. The van der Waals surface area contributed by atoms with Crippen LogP contribution in [0.2, 0.25) is 0 Å². The summed E-state index contributed by atoms with van der Waals surface area (Å²) in [5, 5.41) is 0.198. The molecule has 0 atom stereocenters. The molecule has 4 heteroatoms. The van der Waals surface area contributed by atoms with Crippen molar-refractivity contribution < 1.29 is 14.4 Å². The summed E-state index contributed by atoms with van der Waals surface area (Å²) in [5.41, 5.74) is 1.87. The van der Waals surface area contributed by atoms with Crippen LogP contribution in [0.3, 0.4) is 0 Å². The van der Waals surface area contributed by atoms with Gasteiger partial charge in [0.1, 0.15) is 0 Å². The average molecular weight is 228 g/mol. The Morgan fingerprint density at radius 2 is 1.93 bits per heavy atom. The van der Waals surface area contributed by atoms with E-state index in [1.165, 1.54) is 6.07 Å². The molecule has 0 aliphatic rings. The SMILES string of the molecule is CCCc1c(CC)cccc1P(=O)(O)O. The third-order valence-corrected chi connectivity index (χ3v) is 3.49. The summed E-state index contributed by atoms with van der Waals surface area (Å²) in [6.45, 7) is 4.01. The predicted octanol–water partition coefficient (Wildman–Crippen LogP) is 2.00. The van der Waals surface area contributed by atoms with Crippen LogP contribution in [0.15, 0.2) is 18.2 Å². The maximum Gasteiger partial charge on any atom is 0.356 e. The van der Waals surface area contributed by atoms with Crippen molar-refractivity contribution in [2.24, 2.45) is 0 Å². The van der Waals surface area contributed by atoms with E-state index in [-0.39, 0.29) is 5.30 Å². The number of rotatable bonds is 4. The monoisotopic (exact) mass is 228 g/mol. The van der Waals surface area contributed by atoms with Crippen LogP contribution >= 0.6 is 7.60 Å². The summed E-state index contributed by atoms with van der Waals surface area (Å²) in [5.74, 6) is 0. The van der Waals surface area contributed by atoms with Gasteiger partial charge in [-0.1, -0.05) is 32.4 Å². The van der Waals surface area contributed by atoms with Gasteiger partial charge in [-0.25, -0.2) is 0 Å². The van der Waals surface area contributed by atoms with Crippen LogP contribution in [0, 0.1) is 0 Å². The highest BCUT2D eigenvalue weighted by molar-refractivity contribution is 7.60. The van der Waals surface area contributed by atoms with Gasteiger partial charge in [0.05, 0.1) is 5.30 Å². The van der Waals surface area contributed by atoms with Crippen molar-refractivity contribution in [1.82, 2.24) is 0 Å². The Morgan fingerprint density at radius 1 is 1.27 bits per heavy atom. The van der Waals surface area contributed by atoms with E-state index in [0.717, 1.165) is 30.4 Å². The minimum Gasteiger partial charge on any atom is -0.321 e. The maximum absolute atomic E-state index is 11.3. The van der Waals surface area contributed by atoms with Crippen molar-refractivity contribution in [2.75, 3.05) is 0 Å². The van der Waals surface area contributed by atoms with Gasteiger partial charge in [0.2, 0.25) is 0 Å². The molecule has 0 radical (unpaired) electrons. The lowest BCUT2D eigenvalue weighted by molar-refractivity contribution is 0.387. The predicted molar refractivity (Wildman–Crippen MR) is 61.5 cm³/mol. The summed E-state index contributed by atoms with van der Waals surface area (Å²) < 4.78 is 11.3. The first-order valence-electron chi connectivity index (χ1n) is 5.17. The summed E-state index contributed by atoms with van der Waals surface area (Å²) in [6, 6.07) is 5.18. The lowest BCUT2D eigenvalue weighted by atomic mass is 10.0. The van der Waals surface area contributed by atoms with Crippen LogP contribution in [0.1, 0.15) is 31.4 Å². The fraction of sp³-hybridized carbons (Fsp3) is 0.455. The molecule has 0 bridgehead atoms. The third-order valence-electron chi connectivity index (χ3n) is 2.44. The van der Waals surface area contributed by atoms with Crippen LogP contribution in [0.5, 0.6) is 0 Å². The molecule has 0 aromatic heterocycles. The Hall–Kier alpha value is -0.630. The van der Waals surface area contributed by atoms with Gasteiger partial charge in [0.15, 0.2) is 0 Å². The Bertz CT molecular complexity index is 381. The molecule has 0 heterocycles. The summed E-state index contributed by atoms with van der Waals surface area (Å²) in [6.07, 6.45) is 2.43. The highest BCUT2D eigenvalue weighted by atomic mass is 31.2. The zero-order chi connectivity index (χ0) is 11.5. The van der Waals surface area contributed by atoms with Gasteiger partial charge < -0.3 is 9.79 Å². The molecule has 3 nitrogen and oxygen atoms in total. The Balaban J connectivity index is 3.31. The largest absolute Gasteiger partial charge is 0.356 e. The van der Waals surface area contributed by atoms with Crippen molar-refractivity contribution in [3.8, 4) is 0 Å². The molecular weight excluding hydrogens is 211 g/mol. The summed E-state index contributed by atoms with van der Waals surface area (Å²) in [7, 11) is -4.13. The maximum atomic E-state index is 11.3. The number of benzene rings is 1. The topological polar surface area (TPSA) is 57.5 Å². The molecule has 1 aromatic carbocycles. The van der Waals surface area contributed by atoms with Crippen molar-refractivity contribution in [3.63, 3.8) is 0 Å². The van der Waals surface area contributed by atoms with E-state index in [4.69, 9.17) is 0 Å². The molecule has 0 unspecified atom stereocenters. The standard InChI is InChI=1S/C11H17O3P/c1-3-6-10-9(4-2)7-5-8-11(10)15(12,13)14/h5,7-8H,3-4,6H2,1-2H3,(H2,12,13,14). The van der Waals surface area contributed by atoms with Crippen molar-refractivity contribution in [3.05, 3.63) is 29.3 Å². The average Bonchev–Trinajstić information content (AvgIpc) is 2.17. The molecule has 1 aromatic rings. The van der Waals surface area contributed by atoms with E-state index in [1.807, 2.05) is 19.9 Å². The van der Waals surface area contributed by atoms with Gasteiger partial charge in [-0.2, -0.15) is 0 Å². The van der Waals surface area contributed by atoms with Crippen molar-refractivity contribution >= 4 is 12.9 Å². The van der Waals surface area contributed by atoms with E-state index >= 15 is 0 Å². The first-order chi connectivity index (χ1) is 7.00. The molecule has 0 saturated carbocycles.